The van der Waals surface area contributed by atoms with Gasteiger partial charge in [0.2, 0.25) is 0 Å². The predicted octanol–water partition coefficient (Wildman–Crippen LogP) is 5.92. The minimum Gasteiger partial charge on any atom is -0.457 e. The molecule has 0 atom stereocenters. The number of rotatable bonds is 5. The van der Waals surface area contributed by atoms with Crippen molar-refractivity contribution in [1.82, 2.24) is 4.57 Å². The number of hydrogen-bond acceptors (Lipinski definition) is 2. The Morgan fingerprint density at radius 3 is 2.42 bits per heavy atom. The lowest BCUT2D eigenvalue weighted by Gasteiger charge is -2.08. The fraction of sp³-hybridized carbons (Fsp3) is 0.190. The first kappa shape index (κ1) is 16.1. The van der Waals surface area contributed by atoms with Crippen LogP contribution in [0.2, 0.25) is 0 Å². The summed E-state index contributed by atoms with van der Waals surface area (Å²) in [6.45, 7) is 6.36. The van der Waals surface area contributed by atoms with Gasteiger partial charge in [0.15, 0.2) is 0 Å². The largest absolute Gasteiger partial charge is 0.457 e. The van der Waals surface area contributed by atoms with Crippen LogP contribution in [0.4, 0.5) is 5.69 Å². The number of aliphatic imine (C=N–C) groups is 1. The lowest BCUT2D eigenvalue weighted by molar-refractivity contribution is 0.479. The summed E-state index contributed by atoms with van der Waals surface area (Å²) in [5.41, 5.74) is 3.13. The molecule has 0 amide bonds. The molecule has 0 aliphatic rings. The Hall–Kier alpha value is -2.81. The second kappa shape index (κ2) is 7.18. The van der Waals surface area contributed by atoms with Crippen molar-refractivity contribution in [3.63, 3.8) is 0 Å². The highest BCUT2D eigenvalue weighted by atomic mass is 16.5. The molecule has 122 valence electrons. The third kappa shape index (κ3) is 3.93. The van der Waals surface area contributed by atoms with E-state index in [0.717, 1.165) is 28.3 Å². The first-order valence-corrected chi connectivity index (χ1v) is 8.17. The highest BCUT2D eigenvalue weighted by Gasteiger charge is 2.01. The van der Waals surface area contributed by atoms with Gasteiger partial charge in [0, 0.05) is 30.2 Å². The Morgan fingerprint density at radius 2 is 1.75 bits per heavy atom. The van der Waals surface area contributed by atoms with Gasteiger partial charge in [0.1, 0.15) is 11.5 Å². The minimum absolute atomic E-state index is 0.463. The van der Waals surface area contributed by atoms with Gasteiger partial charge in [-0.2, -0.15) is 0 Å². The van der Waals surface area contributed by atoms with Crippen molar-refractivity contribution in [2.45, 2.75) is 26.8 Å². The van der Waals surface area contributed by atoms with E-state index in [-0.39, 0.29) is 0 Å². The number of para-hydroxylation sites is 1. The zero-order valence-electron chi connectivity index (χ0n) is 14.3. The molecule has 0 saturated carbocycles. The number of benzene rings is 2. The van der Waals surface area contributed by atoms with Crippen LogP contribution in [0.1, 0.15) is 31.0 Å². The van der Waals surface area contributed by atoms with Gasteiger partial charge < -0.3 is 9.30 Å². The average molecular weight is 318 g/mol. The van der Waals surface area contributed by atoms with Crippen LogP contribution < -0.4 is 4.74 Å². The Labute approximate surface area is 143 Å². The van der Waals surface area contributed by atoms with Crippen molar-refractivity contribution in [2.24, 2.45) is 4.99 Å². The molecule has 0 saturated heterocycles. The maximum Gasteiger partial charge on any atom is 0.130 e. The van der Waals surface area contributed by atoms with Gasteiger partial charge in [-0.15, -0.1) is 0 Å². The molecule has 0 unspecified atom stereocenters. The topological polar surface area (TPSA) is 26.5 Å². The van der Waals surface area contributed by atoms with Crippen LogP contribution in [0.15, 0.2) is 72.0 Å². The van der Waals surface area contributed by atoms with Crippen molar-refractivity contribution in [2.75, 3.05) is 0 Å². The van der Waals surface area contributed by atoms with E-state index in [1.54, 1.807) is 0 Å². The molecule has 1 aromatic heterocycles. The smallest absolute Gasteiger partial charge is 0.130 e. The third-order valence-electron chi connectivity index (χ3n) is 3.85. The third-order valence-corrected chi connectivity index (χ3v) is 3.85. The van der Waals surface area contributed by atoms with Gasteiger partial charge in [0.05, 0.1) is 5.69 Å². The summed E-state index contributed by atoms with van der Waals surface area (Å²) >= 11 is 0. The standard InChI is InChI=1S/C21H22N2O/c1-16(2)23-13-12-18(15-23)14-22-19-8-10-20(11-9-19)24-21-7-5-4-6-17(21)3/h4-16H,1-3H3. The van der Waals surface area contributed by atoms with Crippen LogP contribution in [0, 0.1) is 6.92 Å². The van der Waals surface area contributed by atoms with E-state index in [1.807, 2.05) is 61.7 Å². The zero-order chi connectivity index (χ0) is 16.9. The summed E-state index contributed by atoms with van der Waals surface area (Å²) in [6, 6.07) is 18.3. The number of aromatic nitrogens is 1. The van der Waals surface area contributed by atoms with E-state index in [4.69, 9.17) is 4.74 Å². The molecule has 3 rings (SSSR count). The van der Waals surface area contributed by atoms with Crippen molar-refractivity contribution >= 4 is 11.9 Å². The first-order chi connectivity index (χ1) is 11.6. The lowest BCUT2D eigenvalue weighted by Crippen LogP contribution is -1.95. The monoisotopic (exact) mass is 318 g/mol. The molecule has 0 aliphatic carbocycles. The van der Waals surface area contributed by atoms with Crippen LogP contribution in [-0.4, -0.2) is 10.8 Å². The molecule has 2 aromatic carbocycles. The van der Waals surface area contributed by atoms with Crippen LogP contribution in [0.25, 0.3) is 0 Å². The molecule has 3 aromatic rings. The van der Waals surface area contributed by atoms with E-state index in [0.29, 0.717) is 6.04 Å². The van der Waals surface area contributed by atoms with Gasteiger partial charge in [-0.25, -0.2) is 0 Å². The molecular formula is C21H22N2O. The van der Waals surface area contributed by atoms with Crippen LogP contribution in [0.5, 0.6) is 11.5 Å². The molecule has 1 heterocycles. The Morgan fingerprint density at radius 1 is 1.00 bits per heavy atom. The SMILES string of the molecule is Cc1ccccc1Oc1ccc(N=Cc2ccn(C(C)C)c2)cc1. The average Bonchev–Trinajstić information content (AvgIpc) is 3.06. The molecule has 3 nitrogen and oxygen atoms in total. The summed E-state index contributed by atoms with van der Waals surface area (Å²) in [7, 11) is 0. The van der Waals surface area contributed by atoms with Crippen LogP contribution in [0.3, 0.4) is 0 Å². The molecule has 0 spiro atoms. The fourth-order valence-corrected chi connectivity index (χ4v) is 2.38. The molecule has 24 heavy (non-hydrogen) atoms. The highest BCUT2D eigenvalue weighted by Crippen LogP contribution is 2.26. The van der Waals surface area contributed by atoms with Gasteiger partial charge in [0.25, 0.3) is 0 Å². The summed E-state index contributed by atoms with van der Waals surface area (Å²) in [5, 5.41) is 0. The molecular weight excluding hydrogens is 296 g/mol. The Bertz CT molecular complexity index is 829. The van der Waals surface area contributed by atoms with Crippen LogP contribution >= 0.6 is 0 Å². The molecule has 3 heteroatoms. The summed E-state index contributed by atoms with van der Waals surface area (Å²) in [4.78, 5) is 4.52. The van der Waals surface area contributed by atoms with Crippen molar-refractivity contribution in [1.29, 1.82) is 0 Å². The number of nitrogens with zero attached hydrogens (tertiary/aromatic N) is 2. The summed E-state index contributed by atoms with van der Waals surface area (Å²) < 4.78 is 8.07. The molecule has 0 fully saturated rings. The minimum atomic E-state index is 0.463. The van der Waals surface area contributed by atoms with E-state index in [1.165, 1.54) is 0 Å². The van der Waals surface area contributed by atoms with Crippen molar-refractivity contribution in [3.05, 3.63) is 78.1 Å². The van der Waals surface area contributed by atoms with E-state index < -0.39 is 0 Å². The number of aryl methyl sites for hydroxylation is 1. The first-order valence-electron chi connectivity index (χ1n) is 8.17. The summed E-state index contributed by atoms with van der Waals surface area (Å²) in [6.07, 6.45) is 6.06. The molecule has 0 bridgehead atoms. The van der Waals surface area contributed by atoms with Gasteiger partial charge in [-0.05, 0) is 62.7 Å². The van der Waals surface area contributed by atoms with Gasteiger partial charge in [-0.1, -0.05) is 18.2 Å². The van der Waals surface area contributed by atoms with E-state index in [2.05, 4.69) is 41.9 Å². The second-order valence-electron chi connectivity index (χ2n) is 6.11. The second-order valence-corrected chi connectivity index (χ2v) is 6.11. The van der Waals surface area contributed by atoms with Crippen molar-refractivity contribution in [3.8, 4) is 11.5 Å². The predicted molar refractivity (Wildman–Crippen MR) is 99.8 cm³/mol. The Balaban J connectivity index is 1.68. The van der Waals surface area contributed by atoms with Crippen LogP contribution in [-0.2, 0) is 0 Å². The van der Waals surface area contributed by atoms with E-state index >= 15 is 0 Å². The zero-order valence-corrected chi connectivity index (χ0v) is 14.3. The molecule has 0 N–H and O–H groups in total. The molecule has 0 radical (unpaired) electrons. The fourth-order valence-electron chi connectivity index (χ4n) is 2.38. The van der Waals surface area contributed by atoms with Crippen molar-refractivity contribution < 1.29 is 4.74 Å². The lowest BCUT2D eigenvalue weighted by atomic mass is 10.2. The molecule has 0 aliphatic heterocycles. The Kier molecular flexibility index (Phi) is 4.80. The number of hydrogen-bond donors (Lipinski definition) is 0. The van der Waals surface area contributed by atoms with Gasteiger partial charge in [-0.3, -0.25) is 4.99 Å². The highest BCUT2D eigenvalue weighted by molar-refractivity contribution is 5.81. The number of ether oxygens (including phenoxy) is 1. The van der Waals surface area contributed by atoms with E-state index in [9.17, 15) is 0 Å². The van der Waals surface area contributed by atoms with Gasteiger partial charge >= 0.3 is 0 Å². The normalized spacial score (nSPS) is 11.3. The quantitative estimate of drug-likeness (QED) is 0.536. The maximum atomic E-state index is 5.90. The summed E-state index contributed by atoms with van der Waals surface area (Å²) in [5.74, 6) is 1.69. The maximum absolute atomic E-state index is 5.90.